The molecule has 0 aliphatic heterocycles. The van der Waals surface area contributed by atoms with Gasteiger partial charge in [-0.2, -0.15) is 0 Å². The molecule has 0 saturated heterocycles. The molecule has 0 aliphatic rings. The summed E-state index contributed by atoms with van der Waals surface area (Å²) in [4.78, 5) is 15.3. The standard InChI is InChI=1S/C15H14N2O3/c1-10-14(15(18)19)17(2)13(16-10)8-7-11-5-4-6-12(9-11)20-3/h4-6,9H,1-3H3,(H,18,19). The van der Waals surface area contributed by atoms with Gasteiger partial charge in [0.25, 0.3) is 0 Å². The third kappa shape index (κ3) is 2.64. The quantitative estimate of drug-likeness (QED) is 0.846. The van der Waals surface area contributed by atoms with Gasteiger partial charge >= 0.3 is 5.97 Å². The number of carbonyl (C=O) groups is 1. The van der Waals surface area contributed by atoms with Gasteiger partial charge < -0.3 is 14.4 Å². The predicted molar refractivity (Wildman–Crippen MR) is 73.9 cm³/mol. The lowest BCUT2D eigenvalue weighted by molar-refractivity contribution is 0.0685. The van der Waals surface area contributed by atoms with Crippen molar-refractivity contribution >= 4 is 5.97 Å². The summed E-state index contributed by atoms with van der Waals surface area (Å²) in [5, 5.41) is 9.09. The molecule has 0 spiro atoms. The molecule has 0 unspecified atom stereocenters. The van der Waals surface area contributed by atoms with Crippen LogP contribution in [0.5, 0.6) is 5.75 Å². The number of aryl methyl sites for hydroxylation is 1. The topological polar surface area (TPSA) is 64.3 Å². The summed E-state index contributed by atoms with van der Waals surface area (Å²) in [7, 11) is 3.23. The molecular weight excluding hydrogens is 256 g/mol. The van der Waals surface area contributed by atoms with E-state index in [4.69, 9.17) is 9.84 Å². The molecule has 0 fully saturated rings. The van der Waals surface area contributed by atoms with Crippen molar-refractivity contribution in [2.75, 3.05) is 7.11 Å². The van der Waals surface area contributed by atoms with Crippen LogP contribution in [0.25, 0.3) is 0 Å². The lowest BCUT2D eigenvalue weighted by atomic mass is 10.2. The molecule has 20 heavy (non-hydrogen) atoms. The number of hydrogen-bond donors (Lipinski definition) is 1. The molecule has 0 bridgehead atoms. The van der Waals surface area contributed by atoms with E-state index in [9.17, 15) is 4.79 Å². The normalized spacial score (nSPS) is 9.75. The van der Waals surface area contributed by atoms with Crippen LogP contribution >= 0.6 is 0 Å². The first-order chi connectivity index (χ1) is 9.52. The highest BCUT2D eigenvalue weighted by Crippen LogP contribution is 2.12. The van der Waals surface area contributed by atoms with Crippen molar-refractivity contribution in [3.63, 3.8) is 0 Å². The van der Waals surface area contributed by atoms with Gasteiger partial charge in [0.05, 0.1) is 12.8 Å². The minimum Gasteiger partial charge on any atom is -0.497 e. The van der Waals surface area contributed by atoms with E-state index in [1.807, 2.05) is 18.2 Å². The molecule has 1 N–H and O–H groups in total. The summed E-state index contributed by atoms with van der Waals surface area (Å²) >= 11 is 0. The van der Waals surface area contributed by atoms with Crippen molar-refractivity contribution in [1.29, 1.82) is 0 Å². The molecule has 2 rings (SSSR count). The molecule has 2 aromatic rings. The van der Waals surface area contributed by atoms with Crippen molar-refractivity contribution in [2.24, 2.45) is 7.05 Å². The second-order valence-corrected chi connectivity index (χ2v) is 4.22. The molecule has 5 heteroatoms. The number of nitrogens with zero attached hydrogens (tertiary/aromatic N) is 2. The lowest BCUT2D eigenvalue weighted by Gasteiger charge is -1.98. The summed E-state index contributed by atoms with van der Waals surface area (Å²) in [5.74, 6) is 5.96. The average Bonchev–Trinajstić information content (AvgIpc) is 2.71. The summed E-state index contributed by atoms with van der Waals surface area (Å²) in [6.07, 6.45) is 0. The molecule has 0 radical (unpaired) electrons. The van der Waals surface area contributed by atoms with E-state index in [-0.39, 0.29) is 5.69 Å². The highest BCUT2D eigenvalue weighted by atomic mass is 16.5. The summed E-state index contributed by atoms with van der Waals surface area (Å²) in [6.45, 7) is 1.65. The Bertz CT molecular complexity index is 720. The Kier molecular flexibility index (Phi) is 3.76. The van der Waals surface area contributed by atoms with Gasteiger partial charge in [0, 0.05) is 12.6 Å². The second kappa shape index (κ2) is 5.49. The van der Waals surface area contributed by atoms with E-state index in [2.05, 4.69) is 16.8 Å². The largest absolute Gasteiger partial charge is 0.497 e. The van der Waals surface area contributed by atoms with Gasteiger partial charge in [-0.3, -0.25) is 0 Å². The molecule has 1 heterocycles. The number of aromatic nitrogens is 2. The number of rotatable bonds is 2. The van der Waals surface area contributed by atoms with Crippen molar-refractivity contribution in [1.82, 2.24) is 9.55 Å². The van der Waals surface area contributed by atoms with Gasteiger partial charge in [0.15, 0.2) is 11.5 Å². The maximum Gasteiger partial charge on any atom is 0.354 e. The van der Waals surface area contributed by atoms with Gasteiger partial charge in [0.2, 0.25) is 0 Å². The van der Waals surface area contributed by atoms with Crippen molar-refractivity contribution in [3.05, 3.63) is 47.0 Å². The summed E-state index contributed by atoms with van der Waals surface area (Å²) < 4.78 is 6.60. The highest BCUT2D eigenvalue weighted by Gasteiger charge is 2.16. The summed E-state index contributed by atoms with van der Waals surface area (Å²) in [5.41, 5.74) is 1.39. The van der Waals surface area contributed by atoms with Crippen LogP contribution in [0.1, 0.15) is 27.6 Å². The van der Waals surface area contributed by atoms with Gasteiger partial charge in [-0.15, -0.1) is 0 Å². The maximum atomic E-state index is 11.1. The van der Waals surface area contributed by atoms with E-state index < -0.39 is 5.97 Å². The van der Waals surface area contributed by atoms with Gasteiger partial charge in [0.1, 0.15) is 5.75 Å². The zero-order valence-electron chi connectivity index (χ0n) is 11.5. The Labute approximate surface area is 116 Å². The Hall–Kier alpha value is -2.74. The van der Waals surface area contributed by atoms with Gasteiger partial charge in [-0.1, -0.05) is 12.0 Å². The molecule has 0 aliphatic carbocycles. The minimum atomic E-state index is -1.01. The fourth-order valence-electron chi connectivity index (χ4n) is 1.87. The number of ether oxygens (including phenoxy) is 1. The number of hydrogen-bond acceptors (Lipinski definition) is 3. The van der Waals surface area contributed by atoms with Crippen LogP contribution in [0.4, 0.5) is 0 Å². The first kappa shape index (κ1) is 13.7. The van der Waals surface area contributed by atoms with Crippen molar-refractivity contribution < 1.29 is 14.6 Å². The molecule has 0 amide bonds. The summed E-state index contributed by atoms with van der Waals surface area (Å²) in [6, 6.07) is 7.33. The molecular formula is C15H14N2O3. The number of aromatic carboxylic acids is 1. The molecule has 0 saturated carbocycles. The maximum absolute atomic E-state index is 11.1. The van der Waals surface area contributed by atoms with Crippen LogP contribution in [0.15, 0.2) is 24.3 Å². The van der Waals surface area contributed by atoms with Crippen LogP contribution in [0.3, 0.4) is 0 Å². The minimum absolute atomic E-state index is 0.153. The van der Waals surface area contributed by atoms with Crippen molar-refractivity contribution in [3.8, 4) is 17.6 Å². The molecule has 1 aromatic carbocycles. The van der Waals surface area contributed by atoms with E-state index in [0.29, 0.717) is 11.5 Å². The third-order valence-electron chi connectivity index (χ3n) is 2.86. The first-order valence-corrected chi connectivity index (χ1v) is 5.95. The Morgan fingerprint density at radius 3 is 2.75 bits per heavy atom. The molecule has 0 atom stereocenters. The van der Waals surface area contributed by atoms with Crippen LogP contribution in [0.2, 0.25) is 0 Å². The predicted octanol–water partition coefficient (Wildman–Crippen LogP) is 1.84. The first-order valence-electron chi connectivity index (χ1n) is 5.95. The molecule has 102 valence electrons. The van der Waals surface area contributed by atoms with E-state index in [1.165, 1.54) is 4.57 Å². The van der Waals surface area contributed by atoms with Crippen LogP contribution in [-0.4, -0.2) is 27.7 Å². The lowest BCUT2D eigenvalue weighted by Crippen LogP contribution is -2.07. The number of methoxy groups -OCH3 is 1. The second-order valence-electron chi connectivity index (χ2n) is 4.22. The smallest absolute Gasteiger partial charge is 0.354 e. The van der Waals surface area contributed by atoms with E-state index >= 15 is 0 Å². The van der Waals surface area contributed by atoms with E-state index in [1.54, 1.807) is 27.1 Å². The monoisotopic (exact) mass is 270 g/mol. The average molecular weight is 270 g/mol. The zero-order chi connectivity index (χ0) is 14.7. The Balaban J connectivity index is 2.38. The number of carboxylic acid groups (broad SMARTS) is 1. The van der Waals surface area contributed by atoms with Gasteiger partial charge in [-0.25, -0.2) is 9.78 Å². The van der Waals surface area contributed by atoms with Crippen molar-refractivity contribution in [2.45, 2.75) is 6.92 Å². The third-order valence-corrected chi connectivity index (χ3v) is 2.86. The van der Waals surface area contributed by atoms with E-state index in [0.717, 1.165) is 11.3 Å². The zero-order valence-corrected chi connectivity index (χ0v) is 11.5. The molecule has 5 nitrogen and oxygen atoms in total. The Morgan fingerprint density at radius 1 is 1.40 bits per heavy atom. The SMILES string of the molecule is COc1cccc(C#Cc2nc(C)c(C(=O)O)n2C)c1. The molecule has 1 aromatic heterocycles. The van der Waals surface area contributed by atoms with Crippen LogP contribution in [0, 0.1) is 18.8 Å². The van der Waals surface area contributed by atoms with Crippen LogP contribution in [-0.2, 0) is 7.05 Å². The number of imidazole rings is 1. The fourth-order valence-corrected chi connectivity index (χ4v) is 1.87. The highest BCUT2D eigenvalue weighted by molar-refractivity contribution is 5.87. The number of benzene rings is 1. The Morgan fingerprint density at radius 2 is 2.15 bits per heavy atom. The van der Waals surface area contributed by atoms with Crippen LogP contribution < -0.4 is 4.74 Å². The fraction of sp³-hybridized carbons (Fsp3) is 0.200. The van der Waals surface area contributed by atoms with Gasteiger partial charge in [-0.05, 0) is 31.0 Å². The number of carboxylic acids is 1.